The van der Waals surface area contributed by atoms with Gasteiger partial charge in [0, 0.05) is 6.42 Å². The van der Waals surface area contributed by atoms with Crippen molar-refractivity contribution in [2.45, 2.75) is 18.9 Å². The highest BCUT2D eigenvalue weighted by atomic mass is 16.4. The van der Waals surface area contributed by atoms with Crippen LogP contribution >= 0.6 is 0 Å². The molecule has 0 aliphatic carbocycles. The van der Waals surface area contributed by atoms with Crippen molar-refractivity contribution in [3.05, 3.63) is 60.1 Å². The second-order valence-corrected chi connectivity index (χ2v) is 4.40. The molecule has 2 N–H and O–H groups in total. The van der Waals surface area contributed by atoms with Gasteiger partial charge in [-0.1, -0.05) is 30.3 Å². The van der Waals surface area contributed by atoms with Gasteiger partial charge in [0.05, 0.1) is 12.7 Å². The van der Waals surface area contributed by atoms with E-state index in [-0.39, 0.29) is 18.7 Å². The second-order valence-electron chi connectivity index (χ2n) is 4.40. The highest BCUT2D eigenvalue weighted by Crippen LogP contribution is 2.05. The molecule has 104 valence electrons. The van der Waals surface area contributed by atoms with Gasteiger partial charge in [0.2, 0.25) is 5.91 Å². The van der Waals surface area contributed by atoms with Gasteiger partial charge in [0.1, 0.15) is 11.8 Å². The molecule has 20 heavy (non-hydrogen) atoms. The number of carboxylic acids is 1. The summed E-state index contributed by atoms with van der Waals surface area (Å²) in [4.78, 5) is 23.0. The molecule has 0 saturated heterocycles. The molecule has 5 nitrogen and oxygen atoms in total. The van der Waals surface area contributed by atoms with Crippen molar-refractivity contribution in [2.24, 2.45) is 0 Å². The van der Waals surface area contributed by atoms with Gasteiger partial charge < -0.3 is 14.8 Å². The van der Waals surface area contributed by atoms with Gasteiger partial charge in [-0.05, 0) is 17.7 Å². The van der Waals surface area contributed by atoms with E-state index in [0.29, 0.717) is 5.76 Å². The smallest absolute Gasteiger partial charge is 0.326 e. The van der Waals surface area contributed by atoms with E-state index in [0.717, 1.165) is 5.56 Å². The Morgan fingerprint density at radius 1 is 1.15 bits per heavy atom. The first-order chi connectivity index (χ1) is 9.65. The van der Waals surface area contributed by atoms with Crippen LogP contribution in [0.25, 0.3) is 0 Å². The topological polar surface area (TPSA) is 79.5 Å². The standard InChI is InChI=1S/C15H15NO4/c17-14(10-12-7-4-8-20-12)16-13(15(18)19)9-11-5-2-1-3-6-11/h1-8,13H,9-10H2,(H,16,17)(H,18,19). The molecular formula is C15H15NO4. The molecule has 1 aromatic heterocycles. The summed E-state index contributed by atoms with van der Waals surface area (Å²) in [6.45, 7) is 0. The lowest BCUT2D eigenvalue weighted by Crippen LogP contribution is -2.42. The fraction of sp³-hybridized carbons (Fsp3) is 0.200. The van der Waals surface area contributed by atoms with Crippen LogP contribution in [-0.2, 0) is 22.4 Å². The quantitative estimate of drug-likeness (QED) is 0.838. The van der Waals surface area contributed by atoms with Crippen molar-refractivity contribution in [3.63, 3.8) is 0 Å². The molecule has 1 heterocycles. The summed E-state index contributed by atoms with van der Waals surface area (Å²) in [5, 5.41) is 11.7. The molecule has 0 radical (unpaired) electrons. The zero-order valence-corrected chi connectivity index (χ0v) is 10.8. The van der Waals surface area contributed by atoms with Crippen molar-refractivity contribution >= 4 is 11.9 Å². The summed E-state index contributed by atoms with van der Waals surface area (Å²) in [5.41, 5.74) is 0.859. The average molecular weight is 273 g/mol. The minimum atomic E-state index is -1.05. The lowest BCUT2D eigenvalue weighted by atomic mass is 10.1. The molecule has 2 rings (SSSR count). The van der Waals surface area contributed by atoms with E-state index < -0.39 is 12.0 Å². The lowest BCUT2D eigenvalue weighted by Gasteiger charge is -2.14. The van der Waals surface area contributed by atoms with E-state index in [4.69, 9.17) is 4.42 Å². The molecule has 1 atom stereocenters. The van der Waals surface area contributed by atoms with E-state index in [9.17, 15) is 14.7 Å². The molecule has 0 aliphatic heterocycles. The van der Waals surface area contributed by atoms with Gasteiger partial charge in [-0.25, -0.2) is 4.79 Å². The monoisotopic (exact) mass is 273 g/mol. The number of benzene rings is 1. The molecular weight excluding hydrogens is 258 g/mol. The van der Waals surface area contributed by atoms with Crippen LogP contribution < -0.4 is 5.32 Å². The highest BCUT2D eigenvalue weighted by Gasteiger charge is 2.20. The van der Waals surface area contributed by atoms with Gasteiger partial charge in [-0.15, -0.1) is 0 Å². The predicted octanol–water partition coefficient (Wildman–Crippen LogP) is 1.63. The molecule has 0 bridgehead atoms. The van der Waals surface area contributed by atoms with Crippen LogP contribution in [0.2, 0.25) is 0 Å². The summed E-state index contributed by atoms with van der Waals surface area (Å²) in [7, 11) is 0. The molecule has 2 aromatic rings. The Kier molecular flexibility index (Phi) is 4.55. The van der Waals surface area contributed by atoms with Crippen LogP contribution in [0.1, 0.15) is 11.3 Å². The Balaban J connectivity index is 1.95. The van der Waals surface area contributed by atoms with Gasteiger partial charge in [0.15, 0.2) is 0 Å². The normalized spacial score (nSPS) is 11.8. The Morgan fingerprint density at radius 3 is 2.50 bits per heavy atom. The first-order valence-electron chi connectivity index (χ1n) is 6.23. The summed E-state index contributed by atoms with van der Waals surface area (Å²) < 4.78 is 5.06. The molecule has 0 aliphatic rings. The Hall–Kier alpha value is -2.56. The summed E-state index contributed by atoms with van der Waals surface area (Å²) in [5.74, 6) is -0.920. The van der Waals surface area contributed by atoms with Crippen molar-refractivity contribution in [1.29, 1.82) is 0 Å². The summed E-state index contributed by atoms with van der Waals surface area (Å²) >= 11 is 0. The molecule has 0 spiro atoms. The number of furan rings is 1. The van der Waals surface area contributed by atoms with E-state index in [1.165, 1.54) is 6.26 Å². The number of nitrogens with one attached hydrogen (secondary N) is 1. The number of amides is 1. The van der Waals surface area contributed by atoms with Crippen LogP contribution in [0.4, 0.5) is 0 Å². The van der Waals surface area contributed by atoms with Gasteiger partial charge in [-0.2, -0.15) is 0 Å². The Morgan fingerprint density at radius 2 is 1.90 bits per heavy atom. The fourth-order valence-electron chi connectivity index (χ4n) is 1.87. The zero-order chi connectivity index (χ0) is 14.4. The van der Waals surface area contributed by atoms with Crippen molar-refractivity contribution in [2.75, 3.05) is 0 Å². The maximum Gasteiger partial charge on any atom is 0.326 e. The van der Waals surface area contributed by atoms with Crippen LogP contribution in [0, 0.1) is 0 Å². The number of carboxylic acid groups (broad SMARTS) is 1. The minimum Gasteiger partial charge on any atom is -0.480 e. The highest BCUT2D eigenvalue weighted by molar-refractivity contribution is 5.84. The van der Waals surface area contributed by atoms with E-state index in [1.54, 1.807) is 12.1 Å². The first-order valence-corrected chi connectivity index (χ1v) is 6.23. The average Bonchev–Trinajstić information content (AvgIpc) is 2.92. The van der Waals surface area contributed by atoms with Gasteiger partial charge >= 0.3 is 5.97 Å². The van der Waals surface area contributed by atoms with Crippen molar-refractivity contribution < 1.29 is 19.1 Å². The van der Waals surface area contributed by atoms with Gasteiger partial charge in [-0.3, -0.25) is 4.79 Å². The third-order valence-electron chi connectivity index (χ3n) is 2.83. The second kappa shape index (κ2) is 6.56. The third kappa shape index (κ3) is 3.98. The van der Waals surface area contributed by atoms with E-state index in [2.05, 4.69) is 5.32 Å². The number of carbonyl (C=O) groups excluding carboxylic acids is 1. The van der Waals surface area contributed by atoms with Crippen molar-refractivity contribution in [3.8, 4) is 0 Å². The van der Waals surface area contributed by atoms with Crippen LogP contribution in [0.5, 0.6) is 0 Å². The SMILES string of the molecule is O=C(Cc1ccco1)NC(Cc1ccccc1)C(=O)O. The predicted molar refractivity (Wildman–Crippen MR) is 72.1 cm³/mol. The van der Waals surface area contributed by atoms with Crippen LogP contribution in [-0.4, -0.2) is 23.0 Å². The number of aliphatic carboxylic acids is 1. The molecule has 1 unspecified atom stereocenters. The number of carbonyl (C=O) groups is 2. The van der Waals surface area contributed by atoms with Crippen molar-refractivity contribution in [1.82, 2.24) is 5.32 Å². The molecule has 0 saturated carbocycles. The molecule has 5 heteroatoms. The first kappa shape index (κ1) is 13.9. The maximum atomic E-state index is 11.8. The molecule has 1 amide bonds. The molecule has 0 fully saturated rings. The van der Waals surface area contributed by atoms with Gasteiger partial charge in [0.25, 0.3) is 0 Å². The minimum absolute atomic E-state index is 0.0333. The van der Waals surface area contributed by atoms with Crippen LogP contribution in [0.3, 0.4) is 0 Å². The van der Waals surface area contributed by atoms with E-state index in [1.807, 2.05) is 30.3 Å². The summed E-state index contributed by atoms with van der Waals surface area (Å²) in [6, 6.07) is 11.6. The number of hydrogen-bond acceptors (Lipinski definition) is 3. The number of hydrogen-bond donors (Lipinski definition) is 2. The Bertz CT molecular complexity index is 563. The Labute approximate surface area is 116 Å². The summed E-state index contributed by atoms with van der Waals surface area (Å²) in [6.07, 6.45) is 1.76. The number of rotatable bonds is 6. The third-order valence-corrected chi connectivity index (χ3v) is 2.83. The largest absolute Gasteiger partial charge is 0.480 e. The maximum absolute atomic E-state index is 11.8. The van der Waals surface area contributed by atoms with E-state index >= 15 is 0 Å². The molecule has 1 aromatic carbocycles. The van der Waals surface area contributed by atoms with Crippen LogP contribution in [0.15, 0.2) is 53.1 Å². The fourth-order valence-corrected chi connectivity index (χ4v) is 1.87. The zero-order valence-electron chi connectivity index (χ0n) is 10.8. The lowest BCUT2D eigenvalue weighted by molar-refractivity contribution is -0.141.